The summed E-state index contributed by atoms with van der Waals surface area (Å²) in [6.07, 6.45) is 3.61. The SMILES string of the molecule is Cc1cnc2c(S(=O)(=O)N(CCC#N)C3CC3)cccc2c1. The number of nitrogens with zero attached hydrogens (tertiary/aromatic N) is 3. The first-order valence-corrected chi connectivity index (χ1v) is 8.72. The average molecular weight is 315 g/mol. The number of hydrogen-bond donors (Lipinski definition) is 0. The number of nitriles is 1. The lowest BCUT2D eigenvalue weighted by atomic mass is 10.2. The predicted molar refractivity (Wildman–Crippen MR) is 83.6 cm³/mol. The van der Waals surface area contributed by atoms with Crippen molar-refractivity contribution in [3.63, 3.8) is 0 Å². The molecule has 114 valence electrons. The van der Waals surface area contributed by atoms with E-state index in [1.165, 1.54) is 4.31 Å². The minimum atomic E-state index is -3.63. The van der Waals surface area contributed by atoms with Crippen molar-refractivity contribution in [3.05, 3.63) is 36.0 Å². The van der Waals surface area contributed by atoms with Gasteiger partial charge in [0.15, 0.2) is 0 Å². The van der Waals surface area contributed by atoms with Crippen LogP contribution < -0.4 is 0 Å². The van der Waals surface area contributed by atoms with Crippen molar-refractivity contribution in [1.29, 1.82) is 5.26 Å². The quantitative estimate of drug-likeness (QED) is 0.850. The Morgan fingerprint density at radius 2 is 2.18 bits per heavy atom. The highest BCUT2D eigenvalue weighted by atomic mass is 32.2. The van der Waals surface area contributed by atoms with Gasteiger partial charge in [-0.1, -0.05) is 12.1 Å². The summed E-state index contributed by atoms with van der Waals surface area (Å²) in [6, 6.07) is 9.19. The lowest BCUT2D eigenvalue weighted by Crippen LogP contribution is -2.34. The number of benzene rings is 1. The van der Waals surface area contributed by atoms with Gasteiger partial charge in [0, 0.05) is 30.6 Å². The average Bonchev–Trinajstić information content (AvgIpc) is 3.31. The van der Waals surface area contributed by atoms with Gasteiger partial charge in [0.25, 0.3) is 0 Å². The van der Waals surface area contributed by atoms with Gasteiger partial charge in [0.2, 0.25) is 10.0 Å². The number of pyridine rings is 1. The topological polar surface area (TPSA) is 74.1 Å². The maximum atomic E-state index is 13.0. The Bertz CT molecular complexity index is 851. The number of rotatable bonds is 5. The van der Waals surface area contributed by atoms with E-state index in [0.29, 0.717) is 5.52 Å². The maximum absolute atomic E-state index is 13.0. The van der Waals surface area contributed by atoms with Crippen LogP contribution in [-0.4, -0.2) is 30.3 Å². The monoisotopic (exact) mass is 315 g/mol. The van der Waals surface area contributed by atoms with Gasteiger partial charge in [-0.3, -0.25) is 4.98 Å². The first-order chi connectivity index (χ1) is 10.5. The van der Waals surface area contributed by atoms with Crippen LogP contribution in [0.25, 0.3) is 10.9 Å². The molecule has 0 saturated heterocycles. The summed E-state index contributed by atoms with van der Waals surface area (Å²) in [7, 11) is -3.63. The molecule has 0 aliphatic heterocycles. The van der Waals surface area contributed by atoms with Gasteiger partial charge in [-0.2, -0.15) is 9.57 Å². The van der Waals surface area contributed by atoms with E-state index < -0.39 is 10.0 Å². The molecule has 0 unspecified atom stereocenters. The fraction of sp³-hybridized carbons (Fsp3) is 0.375. The molecule has 0 bridgehead atoms. The minimum absolute atomic E-state index is 0.0269. The zero-order valence-corrected chi connectivity index (χ0v) is 13.2. The highest BCUT2D eigenvalue weighted by Crippen LogP contribution is 2.34. The molecular weight excluding hydrogens is 298 g/mol. The molecule has 1 saturated carbocycles. The molecule has 2 aromatic rings. The number of fused-ring (bicyclic) bond motifs is 1. The van der Waals surface area contributed by atoms with E-state index in [-0.39, 0.29) is 23.9 Å². The Morgan fingerprint density at radius 1 is 1.41 bits per heavy atom. The highest BCUT2D eigenvalue weighted by molar-refractivity contribution is 7.89. The van der Waals surface area contributed by atoms with E-state index in [2.05, 4.69) is 4.98 Å². The van der Waals surface area contributed by atoms with E-state index >= 15 is 0 Å². The first-order valence-electron chi connectivity index (χ1n) is 7.28. The van der Waals surface area contributed by atoms with Gasteiger partial charge >= 0.3 is 0 Å². The van der Waals surface area contributed by atoms with Gasteiger partial charge in [-0.05, 0) is 37.5 Å². The fourth-order valence-electron chi connectivity index (χ4n) is 2.60. The van der Waals surface area contributed by atoms with Crippen molar-refractivity contribution in [2.45, 2.75) is 37.1 Å². The van der Waals surface area contributed by atoms with E-state index in [9.17, 15) is 8.42 Å². The Morgan fingerprint density at radius 3 is 2.86 bits per heavy atom. The van der Waals surface area contributed by atoms with E-state index in [4.69, 9.17) is 5.26 Å². The molecule has 5 nitrogen and oxygen atoms in total. The Balaban J connectivity index is 2.10. The van der Waals surface area contributed by atoms with E-state index in [1.807, 2.05) is 25.1 Å². The molecule has 1 aromatic heterocycles. The summed E-state index contributed by atoms with van der Waals surface area (Å²) >= 11 is 0. The number of hydrogen-bond acceptors (Lipinski definition) is 4. The van der Waals surface area contributed by atoms with E-state index in [1.54, 1.807) is 18.3 Å². The summed E-state index contributed by atoms with van der Waals surface area (Å²) in [6.45, 7) is 2.17. The second-order valence-corrected chi connectivity index (χ2v) is 7.45. The molecule has 0 spiro atoms. The van der Waals surface area contributed by atoms with Gasteiger partial charge in [0.1, 0.15) is 4.90 Å². The van der Waals surface area contributed by atoms with Crippen LogP contribution in [0.3, 0.4) is 0 Å². The third-order valence-corrected chi connectivity index (χ3v) is 5.78. The van der Waals surface area contributed by atoms with Gasteiger partial charge in [-0.25, -0.2) is 8.42 Å². The number of aromatic nitrogens is 1. The number of sulfonamides is 1. The van der Waals surface area contributed by atoms with Crippen molar-refractivity contribution in [2.75, 3.05) is 6.54 Å². The van der Waals surface area contributed by atoms with Crippen LogP contribution in [0, 0.1) is 18.3 Å². The first kappa shape index (κ1) is 14.9. The molecule has 0 N–H and O–H groups in total. The van der Waals surface area contributed by atoms with Crippen molar-refractivity contribution < 1.29 is 8.42 Å². The summed E-state index contributed by atoms with van der Waals surface area (Å²) in [5.74, 6) is 0. The molecule has 1 aromatic carbocycles. The van der Waals surface area contributed by atoms with E-state index in [0.717, 1.165) is 23.8 Å². The van der Waals surface area contributed by atoms with Crippen molar-refractivity contribution in [2.24, 2.45) is 0 Å². The molecular formula is C16H17N3O2S. The molecule has 1 aliphatic carbocycles. The molecule has 0 atom stereocenters. The standard InChI is InChI=1S/C16H17N3O2S/c1-12-10-13-4-2-5-15(16(13)18-11-12)22(20,21)19(9-3-8-17)14-6-7-14/h2,4-5,10-11,14H,3,6-7,9H2,1H3. The van der Waals surface area contributed by atoms with Crippen LogP contribution in [0.1, 0.15) is 24.8 Å². The van der Waals surface area contributed by atoms with Crippen LogP contribution in [0.5, 0.6) is 0 Å². The molecule has 0 amide bonds. The minimum Gasteiger partial charge on any atom is -0.255 e. The second kappa shape index (κ2) is 5.67. The number of aryl methyl sites for hydroxylation is 1. The van der Waals surface area contributed by atoms with Gasteiger partial charge < -0.3 is 0 Å². The van der Waals surface area contributed by atoms with Crippen molar-refractivity contribution in [1.82, 2.24) is 9.29 Å². The molecule has 1 heterocycles. The maximum Gasteiger partial charge on any atom is 0.245 e. The molecule has 0 radical (unpaired) electrons. The van der Waals surface area contributed by atoms with Crippen LogP contribution in [0.4, 0.5) is 0 Å². The lowest BCUT2D eigenvalue weighted by Gasteiger charge is -2.21. The van der Waals surface area contributed by atoms with Crippen molar-refractivity contribution >= 4 is 20.9 Å². The number of para-hydroxylation sites is 1. The largest absolute Gasteiger partial charge is 0.255 e. The van der Waals surface area contributed by atoms with Crippen LogP contribution >= 0.6 is 0 Å². The highest BCUT2D eigenvalue weighted by Gasteiger charge is 2.38. The molecule has 22 heavy (non-hydrogen) atoms. The van der Waals surface area contributed by atoms with Gasteiger partial charge in [-0.15, -0.1) is 0 Å². The molecule has 1 fully saturated rings. The Labute approximate surface area is 130 Å². The summed E-state index contributed by atoms with van der Waals surface area (Å²) in [5, 5.41) is 9.59. The van der Waals surface area contributed by atoms with Crippen molar-refractivity contribution in [3.8, 4) is 6.07 Å². The van der Waals surface area contributed by atoms with Crippen LogP contribution in [-0.2, 0) is 10.0 Å². The zero-order valence-electron chi connectivity index (χ0n) is 12.4. The third kappa shape index (κ3) is 2.70. The summed E-state index contributed by atoms with van der Waals surface area (Å²) in [4.78, 5) is 4.55. The van der Waals surface area contributed by atoms with Crippen LogP contribution in [0.2, 0.25) is 0 Å². The van der Waals surface area contributed by atoms with Crippen LogP contribution in [0.15, 0.2) is 35.4 Å². The molecule has 6 heteroatoms. The predicted octanol–water partition coefficient (Wildman–Crippen LogP) is 2.61. The second-order valence-electron chi connectivity index (χ2n) is 5.60. The molecule has 1 aliphatic rings. The molecule has 3 rings (SSSR count). The third-order valence-electron chi connectivity index (χ3n) is 3.80. The zero-order chi connectivity index (χ0) is 15.7. The summed E-state index contributed by atoms with van der Waals surface area (Å²) < 4.78 is 27.5. The Kier molecular flexibility index (Phi) is 3.85. The Hall–Kier alpha value is -1.97. The van der Waals surface area contributed by atoms with Gasteiger partial charge in [0.05, 0.1) is 11.6 Å². The summed E-state index contributed by atoms with van der Waals surface area (Å²) in [5.41, 5.74) is 1.49. The smallest absolute Gasteiger partial charge is 0.245 e. The lowest BCUT2D eigenvalue weighted by molar-refractivity contribution is 0.411. The fourth-order valence-corrected chi connectivity index (χ4v) is 4.45. The normalized spacial score (nSPS) is 15.1.